The third kappa shape index (κ3) is 1.80. The Kier molecular flexibility index (Phi) is 2.65. The normalized spacial score (nSPS) is 31.1. The molecule has 2 aliphatic carbocycles. The van der Waals surface area contributed by atoms with Crippen LogP contribution in [0.1, 0.15) is 54.4 Å². The van der Waals surface area contributed by atoms with E-state index in [1.54, 1.807) is 0 Å². The van der Waals surface area contributed by atoms with E-state index < -0.39 is 0 Å². The molecule has 0 bridgehead atoms. The first-order chi connectivity index (χ1) is 7.66. The summed E-state index contributed by atoms with van der Waals surface area (Å²) in [5, 5.41) is 0. The van der Waals surface area contributed by atoms with Gasteiger partial charge in [-0.05, 0) is 41.2 Å². The van der Waals surface area contributed by atoms with Crippen molar-refractivity contribution in [3.05, 3.63) is 22.8 Å². The van der Waals surface area contributed by atoms with Crippen LogP contribution < -0.4 is 0 Å². The maximum atomic E-state index is 11.9. The Hall–Kier alpha value is -0.850. The van der Waals surface area contributed by atoms with Gasteiger partial charge in [0.1, 0.15) is 0 Å². The van der Waals surface area contributed by atoms with Crippen LogP contribution in [-0.4, -0.2) is 5.78 Å². The van der Waals surface area contributed by atoms with Gasteiger partial charge in [0.2, 0.25) is 0 Å². The molecular weight excluding hydrogens is 208 g/mol. The molecule has 2 aliphatic rings. The van der Waals surface area contributed by atoms with Crippen molar-refractivity contribution in [1.29, 1.82) is 0 Å². The summed E-state index contributed by atoms with van der Waals surface area (Å²) in [7, 11) is 0. The van der Waals surface area contributed by atoms with E-state index in [0.29, 0.717) is 18.1 Å². The van der Waals surface area contributed by atoms with E-state index in [-0.39, 0.29) is 10.8 Å². The van der Waals surface area contributed by atoms with Gasteiger partial charge in [-0.25, -0.2) is 0 Å². The van der Waals surface area contributed by atoms with E-state index in [1.165, 1.54) is 17.6 Å². The third-order valence-corrected chi connectivity index (χ3v) is 5.02. The molecule has 0 spiro atoms. The predicted octanol–water partition coefficient (Wildman–Crippen LogP) is 4.29. The second-order valence-corrected chi connectivity index (χ2v) is 7.03. The lowest BCUT2D eigenvalue weighted by Gasteiger charge is -2.48. The Labute approximate surface area is 105 Å². The van der Waals surface area contributed by atoms with Crippen LogP contribution in [0.3, 0.4) is 0 Å². The highest BCUT2D eigenvalue weighted by Gasteiger charge is 2.44. The van der Waals surface area contributed by atoms with Crippen molar-refractivity contribution in [2.45, 2.75) is 54.4 Å². The number of ketones is 1. The fourth-order valence-electron chi connectivity index (χ4n) is 3.37. The molecule has 1 unspecified atom stereocenters. The molecule has 2 rings (SSSR count). The van der Waals surface area contributed by atoms with Gasteiger partial charge in [0.25, 0.3) is 0 Å². The maximum absolute atomic E-state index is 11.9. The molecular formula is C16H24O. The number of Topliss-reactive ketones (excluding diaryl/α,β-unsaturated/α-hetero) is 1. The highest BCUT2D eigenvalue weighted by Crippen LogP contribution is 2.54. The van der Waals surface area contributed by atoms with Crippen molar-refractivity contribution in [1.82, 2.24) is 0 Å². The number of carbonyl (C=O) groups excluding carboxylic acids is 1. The lowest BCUT2D eigenvalue weighted by Crippen LogP contribution is -2.39. The summed E-state index contributed by atoms with van der Waals surface area (Å²) in [5.41, 5.74) is 4.13. The van der Waals surface area contributed by atoms with Gasteiger partial charge in [-0.3, -0.25) is 4.79 Å². The molecule has 0 fully saturated rings. The van der Waals surface area contributed by atoms with Crippen LogP contribution in [0.4, 0.5) is 0 Å². The molecule has 0 saturated heterocycles. The number of carbonyl (C=O) groups is 1. The predicted molar refractivity (Wildman–Crippen MR) is 71.8 cm³/mol. The summed E-state index contributed by atoms with van der Waals surface area (Å²) in [6, 6.07) is 0. The summed E-state index contributed by atoms with van der Waals surface area (Å²) in [4.78, 5) is 11.9. The van der Waals surface area contributed by atoms with Crippen LogP contribution in [0.2, 0.25) is 0 Å². The van der Waals surface area contributed by atoms with Crippen LogP contribution in [-0.2, 0) is 4.79 Å². The Bertz CT molecular complexity index is 432. The quantitative estimate of drug-likeness (QED) is 0.608. The van der Waals surface area contributed by atoms with Crippen LogP contribution >= 0.6 is 0 Å². The largest absolute Gasteiger partial charge is 0.294 e. The standard InChI is InChI=1S/C16H24O/c1-10-7-13-12(8-14(10)17)15(3,4)9-11(2)16(13,5)6/h7,11H,8-9H2,1-6H3. The van der Waals surface area contributed by atoms with Gasteiger partial charge in [0.15, 0.2) is 5.78 Å². The average Bonchev–Trinajstić information content (AvgIpc) is 2.18. The number of allylic oxidation sites excluding steroid dienone is 4. The molecule has 0 aromatic carbocycles. The summed E-state index contributed by atoms with van der Waals surface area (Å²) in [6.07, 6.45) is 3.97. The second-order valence-electron chi connectivity index (χ2n) is 7.03. The van der Waals surface area contributed by atoms with Crippen molar-refractivity contribution in [3.8, 4) is 0 Å². The molecule has 94 valence electrons. The minimum Gasteiger partial charge on any atom is -0.294 e. The Balaban J connectivity index is 2.62. The first-order valence-corrected chi connectivity index (χ1v) is 6.62. The molecule has 1 nitrogen and oxygen atoms in total. The van der Waals surface area contributed by atoms with E-state index in [9.17, 15) is 4.79 Å². The SMILES string of the molecule is CC1=CC2=C(CC1=O)C(C)(C)CC(C)C2(C)C. The number of hydrogen-bond donors (Lipinski definition) is 0. The molecule has 0 heterocycles. The molecule has 1 heteroatoms. The fraction of sp³-hybridized carbons (Fsp3) is 0.688. The molecule has 0 aromatic heterocycles. The summed E-state index contributed by atoms with van der Waals surface area (Å²) >= 11 is 0. The summed E-state index contributed by atoms with van der Waals surface area (Å²) in [5.74, 6) is 0.968. The Morgan fingerprint density at radius 2 is 1.82 bits per heavy atom. The highest BCUT2D eigenvalue weighted by atomic mass is 16.1. The van der Waals surface area contributed by atoms with Crippen molar-refractivity contribution in [2.24, 2.45) is 16.7 Å². The maximum Gasteiger partial charge on any atom is 0.162 e. The zero-order chi connectivity index (χ0) is 13.0. The van der Waals surface area contributed by atoms with E-state index in [4.69, 9.17) is 0 Å². The van der Waals surface area contributed by atoms with Gasteiger partial charge in [-0.1, -0.05) is 46.3 Å². The third-order valence-electron chi connectivity index (χ3n) is 5.02. The Morgan fingerprint density at radius 1 is 1.24 bits per heavy atom. The van der Waals surface area contributed by atoms with Crippen LogP contribution in [0.15, 0.2) is 22.8 Å². The van der Waals surface area contributed by atoms with Crippen molar-refractivity contribution in [3.63, 3.8) is 0 Å². The van der Waals surface area contributed by atoms with Crippen LogP contribution in [0, 0.1) is 16.7 Å². The fourth-order valence-corrected chi connectivity index (χ4v) is 3.37. The van der Waals surface area contributed by atoms with Gasteiger partial charge in [0, 0.05) is 6.42 Å². The molecule has 17 heavy (non-hydrogen) atoms. The lowest BCUT2D eigenvalue weighted by molar-refractivity contribution is -0.115. The van der Waals surface area contributed by atoms with Gasteiger partial charge < -0.3 is 0 Å². The zero-order valence-electron chi connectivity index (χ0n) is 12.0. The highest BCUT2D eigenvalue weighted by molar-refractivity contribution is 5.98. The van der Waals surface area contributed by atoms with Gasteiger partial charge in [0.05, 0.1) is 0 Å². The van der Waals surface area contributed by atoms with E-state index >= 15 is 0 Å². The van der Waals surface area contributed by atoms with Crippen molar-refractivity contribution < 1.29 is 4.79 Å². The van der Waals surface area contributed by atoms with Crippen LogP contribution in [0.25, 0.3) is 0 Å². The molecule has 0 aromatic rings. The monoisotopic (exact) mass is 232 g/mol. The van der Waals surface area contributed by atoms with E-state index in [2.05, 4.69) is 40.7 Å². The molecule has 0 aliphatic heterocycles. The zero-order valence-corrected chi connectivity index (χ0v) is 12.0. The first kappa shape index (κ1) is 12.6. The number of hydrogen-bond acceptors (Lipinski definition) is 1. The van der Waals surface area contributed by atoms with Crippen molar-refractivity contribution in [2.75, 3.05) is 0 Å². The summed E-state index contributed by atoms with van der Waals surface area (Å²) < 4.78 is 0. The topological polar surface area (TPSA) is 17.1 Å². The molecule has 1 atom stereocenters. The van der Waals surface area contributed by atoms with Gasteiger partial charge in [-0.15, -0.1) is 0 Å². The molecule has 0 saturated carbocycles. The Morgan fingerprint density at radius 3 is 2.41 bits per heavy atom. The van der Waals surface area contributed by atoms with Gasteiger partial charge >= 0.3 is 0 Å². The molecule has 0 radical (unpaired) electrons. The first-order valence-electron chi connectivity index (χ1n) is 6.62. The molecule has 0 N–H and O–H groups in total. The van der Waals surface area contributed by atoms with Crippen LogP contribution in [0.5, 0.6) is 0 Å². The van der Waals surface area contributed by atoms with E-state index in [0.717, 1.165) is 5.57 Å². The average molecular weight is 232 g/mol. The second kappa shape index (κ2) is 3.57. The van der Waals surface area contributed by atoms with Crippen molar-refractivity contribution >= 4 is 5.78 Å². The smallest absolute Gasteiger partial charge is 0.162 e. The summed E-state index contributed by atoms with van der Waals surface area (Å²) in [6.45, 7) is 13.5. The lowest BCUT2D eigenvalue weighted by atomic mass is 9.56. The van der Waals surface area contributed by atoms with E-state index in [1.807, 2.05) is 6.92 Å². The van der Waals surface area contributed by atoms with Gasteiger partial charge in [-0.2, -0.15) is 0 Å². The minimum atomic E-state index is 0.178. The minimum absolute atomic E-state index is 0.178. The number of rotatable bonds is 0. The molecule has 0 amide bonds.